The Bertz CT molecular complexity index is 842. The van der Waals surface area contributed by atoms with Gasteiger partial charge in [-0.05, 0) is 53.6 Å². The van der Waals surface area contributed by atoms with Gasteiger partial charge in [0.1, 0.15) is 16.5 Å². The molecule has 0 unspecified atom stereocenters. The molecule has 2 heterocycles. The number of hydrogen-bond donors (Lipinski definition) is 0. The third kappa shape index (κ3) is 2.72. The number of benzene rings is 1. The van der Waals surface area contributed by atoms with Crippen LogP contribution in [0.25, 0.3) is 21.6 Å². The van der Waals surface area contributed by atoms with Crippen molar-refractivity contribution >= 4 is 44.8 Å². The van der Waals surface area contributed by atoms with Gasteiger partial charge in [-0.3, -0.25) is 0 Å². The SMILES string of the molecule is COc1ccc2c(I)cc(-c3nc(C(C)C)cs3)nc2c1C. The number of nitrogens with zero attached hydrogens (tertiary/aromatic N) is 2. The number of aromatic nitrogens is 2. The number of thiazole rings is 1. The summed E-state index contributed by atoms with van der Waals surface area (Å²) in [7, 11) is 1.69. The lowest BCUT2D eigenvalue weighted by atomic mass is 10.1. The Morgan fingerprint density at radius 2 is 2.00 bits per heavy atom. The van der Waals surface area contributed by atoms with Gasteiger partial charge in [0.05, 0.1) is 18.3 Å². The summed E-state index contributed by atoms with van der Waals surface area (Å²) in [6.07, 6.45) is 0. The number of fused-ring (bicyclic) bond motifs is 1. The maximum Gasteiger partial charge on any atom is 0.142 e. The molecule has 0 radical (unpaired) electrons. The molecule has 0 aliphatic rings. The Balaban J connectivity index is 2.20. The normalized spacial score (nSPS) is 11.4. The summed E-state index contributed by atoms with van der Waals surface area (Å²) in [6.45, 7) is 6.37. The van der Waals surface area contributed by atoms with E-state index in [0.717, 1.165) is 38.6 Å². The van der Waals surface area contributed by atoms with Gasteiger partial charge in [-0.15, -0.1) is 11.3 Å². The first-order chi connectivity index (χ1) is 10.5. The summed E-state index contributed by atoms with van der Waals surface area (Å²) in [5.41, 5.74) is 4.12. The van der Waals surface area contributed by atoms with Crippen LogP contribution in [0.5, 0.6) is 5.75 Å². The Labute approximate surface area is 147 Å². The molecule has 2 aromatic heterocycles. The highest BCUT2D eigenvalue weighted by atomic mass is 127. The molecule has 3 rings (SSSR count). The lowest BCUT2D eigenvalue weighted by molar-refractivity contribution is 0.412. The first kappa shape index (κ1) is 15.7. The zero-order chi connectivity index (χ0) is 15.9. The van der Waals surface area contributed by atoms with E-state index in [4.69, 9.17) is 14.7 Å². The highest BCUT2D eigenvalue weighted by Crippen LogP contribution is 2.33. The van der Waals surface area contributed by atoms with E-state index < -0.39 is 0 Å². The molecule has 5 heteroatoms. The van der Waals surface area contributed by atoms with Crippen molar-refractivity contribution in [3.05, 3.63) is 38.4 Å². The van der Waals surface area contributed by atoms with Crippen LogP contribution in [0.4, 0.5) is 0 Å². The van der Waals surface area contributed by atoms with Crippen molar-refractivity contribution in [2.45, 2.75) is 26.7 Å². The zero-order valence-corrected chi connectivity index (χ0v) is 15.9. The minimum atomic E-state index is 0.436. The van der Waals surface area contributed by atoms with Gasteiger partial charge in [-0.25, -0.2) is 9.97 Å². The number of pyridine rings is 1. The maximum absolute atomic E-state index is 5.42. The third-order valence-corrected chi connectivity index (χ3v) is 5.46. The molecule has 0 bridgehead atoms. The Morgan fingerprint density at radius 1 is 1.23 bits per heavy atom. The fourth-order valence-corrected chi connectivity index (χ4v) is 4.04. The molecule has 0 amide bonds. The van der Waals surface area contributed by atoms with Crippen LogP contribution in [0, 0.1) is 10.5 Å². The van der Waals surface area contributed by atoms with Gasteiger partial charge in [-0.1, -0.05) is 13.8 Å². The monoisotopic (exact) mass is 424 g/mol. The van der Waals surface area contributed by atoms with Crippen LogP contribution in [-0.2, 0) is 0 Å². The van der Waals surface area contributed by atoms with Gasteiger partial charge in [0.25, 0.3) is 0 Å². The van der Waals surface area contributed by atoms with Crippen LogP contribution < -0.4 is 4.74 Å². The van der Waals surface area contributed by atoms with Crippen molar-refractivity contribution in [1.82, 2.24) is 9.97 Å². The molecule has 0 saturated heterocycles. The molecule has 0 N–H and O–H groups in total. The van der Waals surface area contributed by atoms with Crippen molar-refractivity contribution in [2.75, 3.05) is 7.11 Å². The molecule has 0 atom stereocenters. The number of ether oxygens (including phenoxy) is 1. The Kier molecular flexibility index (Phi) is 4.36. The van der Waals surface area contributed by atoms with E-state index in [1.54, 1.807) is 18.4 Å². The van der Waals surface area contributed by atoms with Gasteiger partial charge in [-0.2, -0.15) is 0 Å². The van der Waals surface area contributed by atoms with Gasteiger partial charge in [0.2, 0.25) is 0 Å². The van der Waals surface area contributed by atoms with Crippen molar-refractivity contribution in [1.29, 1.82) is 0 Å². The molecule has 1 aromatic carbocycles. The molecule has 3 nitrogen and oxygen atoms in total. The predicted molar refractivity (Wildman–Crippen MR) is 101 cm³/mol. The van der Waals surface area contributed by atoms with Crippen LogP contribution >= 0.6 is 33.9 Å². The fraction of sp³-hybridized carbons (Fsp3) is 0.294. The highest BCUT2D eigenvalue weighted by Gasteiger charge is 2.14. The molecule has 114 valence electrons. The number of hydrogen-bond acceptors (Lipinski definition) is 4. The van der Waals surface area contributed by atoms with Crippen LogP contribution in [0.15, 0.2) is 23.6 Å². The van der Waals surface area contributed by atoms with Crippen molar-refractivity contribution < 1.29 is 4.74 Å². The molecular weight excluding hydrogens is 407 g/mol. The highest BCUT2D eigenvalue weighted by molar-refractivity contribution is 14.1. The second-order valence-electron chi connectivity index (χ2n) is 5.51. The standard InChI is InChI=1S/C17H17IN2OS/c1-9(2)14-8-22-17(20-14)13-7-12(18)11-5-6-15(21-4)10(3)16(11)19-13/h5-9H,1-4H3. The molecule has 0 aliphatic heterocycles. The van der Waals surface area contributed by atoms with Gasteiger partial charge in [0.15, 0.2) is 0 Å². The summed E-state index contributed by atoms with van der Waals surface area (Å²) in [5, 5.41) is 4.26. The fourth-order valence-electron chi connectivity index (χ4n) is 2.37. The van der Waals surface area contributed by atoms with E-state index in [1.807, 2.05) is 6.07 Å². The molecular formula is C17H17IN2OS. The molecule has 0 saturated carbocycles. The number of rotatable bonds is 3. The van der Waals surface area contributed by atoms with Gasteiger partial charge < -0.3 is 4.74 Å². The van der Waals surface area contributed by atoms with Crippen molar-refractivity contribution in [3.8, 4) is 16.5 Å². The molecule has 0 fully saturated rings. The molecule has 0 spiro atoms. The van der Waals surface area contributed by atoms with Crippen LogP contribution in [0.1, 0.15) is 31.0 Å². The summed E-state index contributed by atoms with van der Waals surface area (Å²) >= 11 is 4.02. The Morgan fingerprint density at radius 3 is 2.64 bits per heavy atom. The van der Waals surface area contributed by atoms with E-state index >= 15 is 0 Å². The van der Waals surface area contributed by atoms with Crippen LogP contribution in [0.2, 0.25) is 0 Å². The summed E-state index contributed by atoms with van der Waals surface area (Å²) in [5.74, 6) is 1.31. The van der Waals surface area contributed by atoms with E-state index in [1.165, 1.54) is 3.57 Å². The predicted octanol–water partition coefficient (Wildman–Crippen LogP) is 5.40. The first-order valence-corrected chi connectivity index (χ1v) is 9.06. The molecule has 3 aromatic rings. The largest absolute Gasteiger partial charge is 0.496 e. The Hall–Kier alpha value is -1.21. The van der Waals surface area contributed by atoms with Crippen molar-refractivity contribution in [2.24, 2.45) is 0 Å². The average Bonchev–Trinajstić information content (AvgIpc) is 2.98. The first-order valence-electron chi connectivity index (χ1n) is 7.11. The topological polar surface area (TPSA) is 35.0 Å². The molecule has 0 aliphatic carbocycles. The number of halogens is 1. The minimum Gasteiger partial charge on any atom is -0.496 e. The van der Waals surface area contributed by atoms with Gasteiger partial charge in [0, 0.05) is 19.9 Å². The smallest absolute Gasteiger partial charge is 0.142 e. The summed E-state index contributed by atoms with van der Waals surface area (Å²) in [4.78, 5) is 9.57. The maximum atomic E-state index is 5.42. The zero-order valence-electron chi connectivity index (χ0n) is 13.0. The van der Waals surface area contributed by atoms with E-state index in [0.29, 0.717) is 5.92 Å². The van der Waals surface area contributed by atoms with Gasteiger partial charge >= 0.3 is 0 Å². The second-order valence-corrected chi connectivity index (χ2v) is 7.53. The van der Waals surface area contributed by atoms with Crippen LogP contribution in [-0.4, -0.2) is 17.1 Å². The number of aryl methyl sites for hydroxylation is 1. The number of methoxy groups -OCH3 is 1. The summed E-state index contributed by atoms with van der Waals surface area (Å²) in [6, 6.07) is 6.18. The lowest BCUT2D eigenvalue weighted by Gasteiger charge is -2.10. The lowest BCUT2D eigenvalue weighted by Crippen LogP contribution is -1.94. The minimum absolute atomic E-state index is 0.436. The second kappa shape index (κ2) is 6.12. The van der Waals surface area contributed by atoms with E-state index in [-0.39, 0.29) is 0 Å². The quantitative estimate of drug-likeness (QED) is 0.528. The van der Waals surface area contributed by atoms with E-state index in [9.17, 15) is 0 Å². The average molecular weight is 424 g/mol. The third-order valence-electron chi connectivity index (χ3n) is 3.69. The van der Waals surface area contributed by atoms with Crippen molar-refractivity contribution in [3.63, 3.8) is 0 Å². The summed E-state index contributed by atoms with van der Waals surface area (Å²) < 4.78 is 6.60. The van der Waals surface area contributed by atoms with Crippen LogP contribution in [0.3, 0.4) is 0 Å². The molecule has 22 heavy (non-hydrogen) atoms. The van der Waals surface area contributed by atoms with E-state index in [2.05, 4.69) is 60.9 Å².